The molecule has 1 aromatic carbocycles. The van der Waals surface area contributed by atoms with Crippen LogP contribution in [0.15, 0.2) is 49.4 Å². The molecule has 2 heterocycles. The van der Waals surface area contributed by atoms with E-state index in [-0.39, 0.29) is 41.4 Å². The summed E-state index contributed by atoms with van der Waals surface area (Å²) in [5.41, 5.74) is 0.523. The van der Waals surface area contributed by atoms with Crippen LogP contribution < -0.4 is 40.1 Å². The number of rotatable bonds is 3. The second-order valence-corrected chi connectivity index (χ2v) is 6.19. The van der Waals surface area contributed by atoms with Gasteiger partial charge in [-0.3, -0.25) is 4.79 Å². The SMILES string of the molecule is O=C([O-])Cc1cccc2c(=O)cc(-c3sccc3Br)oc12.[Na+]. The van der Waals surface area contributed by atoms with Crippen molar-refractivity contribution in [3.63, 3.8) is 0 Å². The van der Waals surface area contributed by atoms with Gasteiger partial charge in [-0.1, -0.05) is 12.1 Å². The number of fused-ring (bicyclic) bond motifs is 1. The number of carboxylic acid groups (broad SMARTS) is 1. The first-order valence-electron chi connectivity index (χ1n) is 6.05. The van der Waals surface area contributed by atoms with Crippen molar-refractivity contribution >= 4 is 44.2 Å². The molecule has 0 saturated heterocycles. The summed E-state index contributed by atoms with van der Waals surface area (Å²) in [6.45, 7) is 0. The molecule has 0 radical (unpaired) electrons. The summed E-state index contributed by atoms with van der Waals surface area (Å²) >= 11 is 4.83. The third-order valence-corrected chi connectivity index (χ3v) is 4.86. The topological polar surface area (TPSA) is 70.3 Å². The van der Waals surface area contributed by atoms with E-state index in [2.05, 4.69) is 15.9 Å². The van der Waals surface area contributed by atoms with Crippen molar-refractivity contribution in [3.8, 4) is 10.6 Å². The first-order valence-corrected chi connectivity index (χ1v) is 7.72. The Labute approximate surface area is 160 Å². The van der Waals surface area contributed by atoms with Gasteiger partial charge in [0.2, 0.25) is 0 Å². The number of benzene rings is 1. The van der Waals surface area contributed by atoms with Crippen molar-refractivity contribution in [2.45, 2.75) is 6.42 Å². The van der Waals surface area contributed by atoms with E-state index >= 15 is 0 Å². The summed E-state index contributed by atoms with van der Waals surface area (Å²) in [5.74, 6) is -0.798. The van der Waals surface area contributed by atoms with Gasteiger partial charge >= 0.3 is 29.6 Å². The predicted molar refractivity (Wildman–Crippen MR) is 82.2 cm³/mol. The van der Waals surface area contributed by atoms with E-state index < -0.39 is 5.97 Å². The van der Waals surface area contributed by atoms with Crippen LogP contribution in [-0.2, 0) is 11.2 Å². The Balaban J connectivity index is 0.00000176. The van der Waals surface area contributed by atoms with Crippen LogP contribution in [0.5, 0.6) is 0 Å². The quantitative estimate of drug-likeness (QED) is 0.573. The smallest absolute Gasteiger partial charge is 0.550 e. The Kier molecular flexibility index (Phi) is 5.63. The maximum absolute atomic E-state index is 12.2. The van der Waals surface area contributed by atoms with E-state index in [9.17, 15) is 14.7 Å². The minimum absolute atomic E-state index is 0. The number of halogens is 1. The number of hydrogen-bond donors (Lipinski definition) is 0. The Morgan fingerprint density at radius 2 is 2.09 bits per heavy atom. The number of aliphatic carboxylic acids is 1. The molecule has 106 valence electrons. The zero-order chi connectivity index (χ0) is 15.0. The Morgan fingerprint density at radius 1 is 1.32 bits per heavy atom. The van der Waals surface area contributed by atoms with Gasteiger partial charge in [0.25, 0.3) is 0 Å². The molecule has 3 aromatic rings. The monoisotopic (exact) mass is 386 g/mol. The van der Waals surface area contributed by atoms with Gasteiger partial charge in [0.1, 0.15) is 11.3 Å². The van der Waals surface area contributed by atoms with Crippen molar-refractivity contribution in [2.75, 3.05) is 0 Å². The van der Waals surface area contributed by atoms with Gasteiger partial charge in [-0.05, 0) is 33.4 Å². The maximum Gasteiger partial charge on any atom is 1.00 e. The number of carboxylic acids is 1. The minimum Gasteiger partial charge on any atom is -0.550 e. The van der Waals surface area contributed by atoms with Gasteiger partial charge in [-0.15, -0.1) is 11.3 Å². The summed E-state index contributed by atoms with van der Waals surface area (Å²) < 4.78 is 6.62. The molecule has 0 spiro atoms. The fourth-order valence-electron chi connectivity index (χ4n) is 2.11. The van der Waals surface area contributed by atoms with E-state index in [1.165, 1.54) is 17.4 Å². The van der Waals surface area contributed by atoms with Crippen molar-refractivity contribution in [3.05, 3.63) is 56.0 Å². The second kappa shape index (κ2) is 7.10. The zero-order valence-corrected chi connectivity index (χ0v) is 16.0. The molecule has 0 fully saturated rings. The van der Waals surface area contributed by atoms with E-state index in [1.54, 1.807) is 18.2 Å². The van der Waals surface area contributed by atoms with Gasteiger partial charge in [0.15, 0.2) is 5.43 Å². The van der Waals surface area contributed by atoms with Crippen molar-refractivity contribution in [2.24, 2.45) is 0 Å². The number of para-hydroxylation sites is 1. The Bertz CT molecular complexity index is 900. The molecule has 3 rings (SSSR count). The molecule has 0 amide bonds. The number of carbonyl (C=O) groups is 1. The van der Waals surface area contributed by atoms with Crippen LogP contribution in [0.1, 0.15) is 5.56 Å². The van der Waals surface area contributed by atoms with Gasteiger partial charge in [0.05, 0.1) is 10.3 Å². The molecule has 0 aliphatic rings. The molecule has 0 unspecified atom stereocenters. The molecule has 2 aromatic heterocycles. The van der Waals surface area contributed by atoms with Crippen LogP contribution >= 0.6 is 27.3 Å². The molecular weight excluding hydrogens is 379 g/mol. The molecule has 22 heavy (non-hydrogen) atoms. The molecule has 0 atom stereocenters. The fourth-order valence-corrected chi connectivity index (χ4v) is 3.63. The molecule has 0 N–H and O–H groups in total. The zero-order valence-electron chi connectivity index (χ0n) is 11.6. The minimum atomic E-state index is -1.21. The van der Waals surface area contributed by atoms with Crippen molar-refractivity contribution in [1.29, 1.82) is 0 Å². The fraction of sp³-hybridized carbons (Fsp3) is 0.0667. The van der Waals surface area contributed by atoms with Gasteiger partial charge in [0, 0.05) is 28.5 Å². The third-order valence-electron chi connectivity index (χ3n) is 3.01. The molecule has 0 aliphatic heterocycles. The van der Waals surface area contributed by atoms with Crippen molar-refractivity contribution in [1.82, 2.24) is 0 Å². The van der Waals surface area contributed by atoms with Crippen LogP contribution in [0.25, 0.3) is 21.6 Å². The van der Waals surface area contributed by atoms with Crippen LogP contribution in [0.4, 0.5) is 0 Å². The molecule has 7 heteroatoms. The summed E-state index contributed by atoms with van der Waals surface area (Å²) in [6.07, 6.45) is -0.296. The Morgan fingerprint density at radius 3 is 2.73 bits per heavy atom. The molecule has 0 bridgehead atoms. The number of thiophene rings is 1. The third kappa shape index (κ3) is 3.36. The standard InChI is InChI=1S/C15H9BrO4S.Na/c16-10-4-5-21-15(10)12-7-11(17)9-3-1-2-8(6-13(18)19)14(9)20-12;/h1-5,7H,6H2,(H,18,19);/q;+1/p-1. The molecular formula is C15H8BrNaO4S. The summed E-state index contributed by atoms with van der Waals surface area (Å²) in [7, 11) is 0. The molecule has 0 aliphatic carbocycles. The molecule has 0 saturated carbocycles. The van der Waals surface area contributed by atoms with E-state index in [4.69, 9.17) is 4.42 Å². The van der Waals surface area contributed by atoms with Crippen LogP contribution in [0.2, 0.25) is 0 Å². The number of carbonyl (C=O) groups excluding carboxylic acids is 1. The summed E-state index contributed by atoms with van der Waals surface area (Å²) in [5, 5.41) is 13.1. The molecule has 4 nitrogen and oxygen atoms in total. The van der Waals surface area contributed by atoms with Crippen LogP contribution in [0.3, 0.4) is 0 Å². The van der Waals surface area contributed by atoms with E-state index in [0.717, 1.165) is 9.35 Å². The Hall–Kier alpha value is -0.920. The average molecular weight is 387 g/mol. The van der Waals surface area contributed by atoms with Crippen LogP contribution in [0, 0.1) is 0 Å². The van der Waals surface area contributed by atoms with E-state index in [0.29, 0.717) is 22.3 Å². The summed E-state index contributed by atoms with van der Waals surface area (Å²) in [4.78, 5) is 23.8. The number of hydrogen-bond acceptors (Lipinski definition) is 5. The first kappa shape index (κ1) is 17.4. The largest absolute Gasteiger partial charge is 1.00 e. The van der Waals surface area contributed by atoms with Gasteiger partial charge < -0.3 is 14.3 Å². The normalized spacial score (nSPS) is 10.4. The second-order valence-electron chi connectivity index (χ2n) is 4.42. The average Bonchev–Trinajstić information content (AvgIpc) is 2.85. The van der Waals surface area contributed by atoms with Gasteiger partial charge in [-0.2, -0.15) is 0 Å². The van der Waals surface area contributed by atoms with Crippen LogP contribution in [-0.4, -0.2) is 5.97 Å². The maximum atomic E-state index is 12.2. The van der Waals surface area contributed by atoms with E-state index in [1.807, 2.05) is 11.4 Å². The summed E-state index contributed by atoms with van der Waals surface area (Å²) in [6, 6.07) is 8.15. The van der Waals surface area contributed by atoms with Crippen molar-refractivity contribution < 1.29 is 43.9 Å². The van der Waals surface area contributed by atoms with Gasteiger partial charge in [-0.25, -0.2) is 0 Å². The first-order chi connectivity index (χ1) is 10.1. The predicted octanol–water partition coefficient (Wildman–Crippen LogP) is -0.420.